The molecule has 98 valence electrons. The minimum atomic E-state index is -0.268. The Balaban J connectivity index is 3.05. The number of thiocarbonyl (C=S) groups is 1. The molecule has 0 fully saturated rings. The van der Waals surface area contributed by atoms with Gasteiger partial charge in [-0.2, -0.15) is 0 Å². The smallest absolute Gasteiger partial charge is 0.258 e. The van der Waals surface area contributed by atoms with Crippen LogP contribution in [-0.2, 0) is 0 Å². The van der Waals surface area contributed by atoms with E-state index in [1.807, 2.05) is 20.8 Å². The first kappa shape index (κ1) is 14.4. The highest BCUT2D eigenvalue weighted by Gasteiger charge is 2.21. The summed E-state index contributed by atoms with van der Waals surface area (Å²) in [5, 5.41) is 9.81. The van der Waals surface area contributed by atoms with E-state index >= 15 is 0 Å². The zero-order valence-electron chi connectivity index (χ0n) is 10.8. The lowest BCUT2D eigenvalue weighted by molar-refractivity contribution is 0.0733. The molecule has 0 atom stereocenters. The van der Waals surface area contributed by atoms with Gasteiger partial charge in [0.2, 0.25) is 0 Å². The van der Waals surface area contributed by atoms with Gasteiger partial charge in [0.25, 0.3) is 5.91 Å². The second-order valence-corrected chi connectivity index (χ2v) is 5.04. The van der Waals surface area contributed by atoms with Gasteiger partial charge in [-0.05, 0) is 38.5 Å². The zero-order chi connectivity index (χ0) is 13.9. The molecule has 18 heavy (non-hydrogen) atoms. The van der Waals surface area contributed by atoms with Crippen molar-refractivity contribution in [1.29, 1.82) is 0 Å². The number of benzene rings is 1. The van der Waals surface area contributed by atoms with E-state index in [0.717, 1.165) is 5.56 Å². The fourth-order valence-electron chi connectivity index (χ4n) is 1.63. The van der Waals surface area contributed by atoms with Crippen molar-refractivity contribution in [3.63, 3.8) is 0 Å². The lowest BCUT2D eigenvalue weighted by atomic mass is 10.1. The van der Waals surface area contributed by atoms with Gasteiger partial charge in [0.05, 0.1) is 17.1 Å². The van der Waals surface area contributed by atoms with Crippen LogP contribution >= 0.6 is 12.2 Å². The summed E-state index contributed by atoms with van der Waals surface area (Å²) >= 11 is 4.84. The zero-order valence-corrected chi connectivity index (χ0v) is 11.6. The van der Waals surface area contributed by atoms with Gasteiger partial charge in [0.1, 0.15) is 5.75 Å². The molecule has 0 saturated carbocycles. The Morgan fingerprint density at radius 3 is 2.56 bits per heavy atom. The predicted octanol–water partition coefficient (Wildman–Crippen LogP) is 1.84. The first-order valence-electron chi connectivity index (χ1n) is 5.71. The molecule has 1 aromatic rings. The van der Waals surface area contributed by atoms with Crippen LogP contribution in [0.2, 0.25) is 0 Å². The predicted molar refractivity (Wildman–Crippen MR) is 75.8 cm³/mol. The van der Waals surface area contributed by atoms with Crippen LogP contribution in [0, 0.1) is 6.92 Å². The molecular weight excluding hydrogens is 248 g/mol. The fraction of sp³-hybridized carbons (Fsp3) is 0.385. The number of nitrogens with two attached hydrogens (primary N) is 1. The van der Waals surface area contributed by atoms with Crippen LogP contribution in [0.3, 0.4) is 0 Å². The quantitative estimate of drug-likeness (QED) is 0.816. The molecule has 0 radical (unpaired) electrons. The number of rotatable bonds is 4. The number of aromatic hydroxyl groups is 1. The molecule has 1 rings (SSSR count). The Morgan fingerprint density at radius 1 is 1.50 bits per heavy atom. The summed E-state index contributed by atoms with van der Waals surface area (Å²) in [5.74, 6) is -0.288. The van der Waals surface area contributed by atoms with Crippen LogP contribution in [0.25, 0.3) is 0 Å². The molecule has 3 N–H and O–H groups in total. The number of carbonyl (C=O) groups is 1. The first-order valence-corrected chi connectivity index (χ1v) is 6.12. The van der Waals surface area contributed by atoms with Gasteiger partial charge < -0.3 is 15.7 Å². The highest BCUT2D eigenvalue weighted by molar-refractivity contribution is 7.80. The van der Waals surface area contributed by atoms with E-state index in [0.29, 0.717) is 0 Å². The summed E-state index contributed by atoms with van der Waals surface area (Å²) in [6.45, 7) is 5.81. The molecule has 0 aromatic heterocycles. The Hall–Kier alpha value is -1.62. The first-order chi connectivity index (χ1) is 8.32. The van der Waals surface area contributed by atoms with Crippen molar-refractivity contribution >= 4 is 23.1 Å². The summed E-state index contributed by atoms with van der Waals surface area (Å²) in [4.78, 5) is 14.1. The van der Waals surface area contributed by atoms with E-state index in [1.165, 1.54) is 4.90 Å². The van der Waals surface area contributed by atoms with Crippen molar-refractivity contribution in [1.82, 2.24) is 4.90 Å². The summed E-state index contributed by atoms with van der Waals surface area (Å²) in [6.07, 6.45) is 0. The van der Waals surface area contributed by atoms with Gasteiger partial charge in [0.15, 0.2) is 0 Å². The lowest BCUT2D eigenvalue weighted by Crippen LogP contribution is -2.42. The van der Waals surface area contributed by atoms with Crippen LogP contribution in [0.4, 0.5) is 0 Å². The molecule has 1 aromatic carbocycles. The molecule has 0 heterocycles. The number of phenols is 1. The van der Waals surface area contributed by atoms with Crippen molar-refractivity contribution in [2.45, 2.75) is 26.8 Å². The number of nitrogens with zero attached hydrogens (tertiary/aromatic N) is 1. The van der Waals surface area contributed by atoms with E-state index in [2.05, 4.69) is 0 Å². The Bertz CT molecular complexity index is 472. The second kappa shape index (κ2) is 5.82. The molecule has 0 spiro atoms. The molecule has 0 bridgehead atoms. The number of amides is 1. The molecule has 5 heteroatoms. The van der Waals surface area contributed by atoms with Crippen LogP contribution in [-0.4, -0.2) is 33.5 Å². The van der Waals surface area contributed by atoms with E-state index < -0.39 is 0 Å². The molecule has 0 aliphatic carbocycles. The van der Waals surface area contributed by atoms with Crippen LogP contribution in [0.15, 0.2) is 18.2 Å². The average Bonchev–Trinajstić information content (AvgIpc) is 2.24. The Morgan fingerprint density at radius 2 is 2.11 bits per heavy atom. The lowest BCUT2D eigenvalue weighted by Gasteiger charge is -2.26. The summed E-state index contributed by atoms with van der Waals surface area (Å²) in [7, 11) is 0. The van der Waals surface area contributed by atoms with Gasteiger partial charge in [-0.15, -0.1) is 0 Å². The van der Waals surface area contributed by atoms with Gasteiger partial charge in [-0.1, -0.05) is 18.3 Å². The number of hydrogen-bond acceptors (Lipinski definition) is 3. The molecule has 0 aliphatic rings. The summed E-state index contributed by atoms with van der Waals surface area (Å²) in [5.41, 5.74) is 6.65. The van der Waals surface area contributed by atoms with E-state index in [4.69, 9.17) is 18.0 Å². The SMILES string of the molecule is Cc1ccc(C(=O)N(CC(N)=S)C(C)C)c(O)c1. The molecule has 0 unspecified atom stereocenters. The van der Waals surface area contributed by atoms with E-state index in [1.54, 1.807) is 18.2 Å². The third-order valence-corrected chi connectivity index (χ3v) is 2.72. The molecule has 0 aliphatic heterocycles. The Kier molecular flexibility index (Phi) is 4.67. The molecule has 4 nitrogen and oxygen atoms in total. The highest BCUT2D eigenvalue weighted by Crippen LogP contribution is 2.21. The van der Waals surface area contributed by atoms with Crippen LogP contribution < -0.4 is 5.73 Å². The van der Waals surface area contributed by atoms with Gasteiger partial charge in [0, 0.05) is 6.04 Å². The summed E-state index contributed by atoms with van der Waals surface area (Å²) < 4.78 is 0. The monoisotopic (exact) mass is 266 g/mol. The van der Waals surface area contributed by atoms with Gasteiger partial charge in [-0.25, -0.2) is 0 Å². The topological polar surface area (TPSA) is 66.6 Å². The molecular formula is C13H18N2O2S. The van der Waals surface area contributed by atoms with E-state index in [-0.39, 0.29) is 34.8 Å². The second-order valence-electron chi connectivity index (χ2n) is 4.51. The number of hydrogen-bond donors (Lipinski definition) is 2. The normalized spacial score (nSPS) is 10.4. The third kappa shape index (κ3) is 3.43. The largest absolute Gasteiger partial charge is 0.507 e. The summed E-state index contributed by atoms with van der Waals surface area (Å²) in [6, 6.07) is 4.92. The van der Waals surface area contributed by atoms with Crippen LogP contribution in [0.1, 0.15) is 29.8 Å². The Labute approximate surface area is 112 Å². The van der Waals surface area contributed by atoms with Crippen molar-refractivity contribution in [3.05, 3.63) is 29.3 Å². The van der Waals surface area contributed by atoms with Gasteiger partial charge >= 0.3 is 0 Å². The van der Waals surface area contributed by atoms with Crippen molar-refractivity contribution in [3.8, 4) is 5.75 Å². The molecule has 1 amide bonds. The number of phenolic OH excluding ortho intramolecular Hbond substituents is 1. The molecule has 0 saturated heterocycles. The van der Waals surface area contributed by atoms with Crippen molar-refractivity contribution < 1.29 is 9.90 Å². The number of aryl methyl sites for hydroxylation is 1. The van der Waals surface area contributed by atoms with Crippen molar-refractivity contribution in [2.75, 3.05) is 6.54 Å². The minimum Gasteiger partial charge on any atom is -0.507 e. The average molecular weight is 266 g/mol. The maximum absolute atomic E-state index is 12.3. The van der Waals surface area contributed by atoms with Crippen molar-refractivity contribution in [2.24, 2.45) is 5.73 Å². The van der Waals surface area contributed by atoms with Gasteiger partial charge in [-0.3, -0.25) is 4.79 Å². The maximum atomic E-state index is 12.3. The fourth-order valence-corrected chi connectivity index (χ4v) is 1.77. The van der Waals surface area contributed by atoms with E-state index in [9.17, 15) is 9.90 Å². The minimum absolute atomic E-state index is 0.0198. The maximum Gasteiger partial charge on any atom is 0.258 e. The standard InChI is InChI=1S/C13H18N2O2S/c1-8(2)15(7-12(14)18)13(17)10-5-4-9(3)6-11(10)16/h4-6,8,16H,7H2,1-3H3,(H2,14,18). The van der Waals surface area contributed by atoms with Crippen LogP contribution in [0.5, 0.6) is 5.75 Å². The number of carbonyl (C=O) groups excluding carboxylic acids is 1. The third-order valence-electron chi connectivity index (χ3n) is 2.59. The highest BCUT2D eigenvalue weighted by atomic mass is 32.1.